The molecule has 13 heavy (non-hydrogen) atoms. The lowest BCUT2D eigenvalue weighted by Gasteiger charge is -2.04. The van der Waals surface area contributed by atoms with E-state index in [0.29, 0.717) is 11.5 Å². The van der Waals surface area contributed by atoms with Crippen LogP contribution < -0.4 is 5.73 Å². The number of nitrogens with two attached hydrogens (primary N) is 1. The van der Waals surface area contributed by atoms with Crippen molar-refractivity contribution in [3.05, 3.63) is 18.2 Å². The van der Waals surface area contributed by atoms with Gasteiger partial charge >= 0.3 is 0 Å². The third-order valence-corrected chi connectivity index (χ3v) is 1.69. The molecule has 0 aliphatic carbocycles. The van der Waals surface area contributed by atoms with E-state index in [4.69, 9.17) is 11.1 Å². The van der Waals surface area contributed by atoms with Crippen molar-refractivity contribution in [2.24, 2.45) is 15.7 Å². The lowest BCUT2D eigenvalue weighted by atomic mass is 10.2. The third kappa shape index (κ3) is 1.38. The van der Waals surface area contributed by atoms with Gasteiger partial charge in [-0.3, -0.25) is 5.41 Å². The van der Waals surface area contributed by atoms with Crippen LogP contribution in [0.2, 0.25) is 0 Å². The summed E-state index contributed by atoms with van der Waals surface area (Å²) in [5.74, 6) is 0.608. The van der Waals surface area contributed by atoms with E-state index in [1.165, 1.54) is 6.21 Å². The maximum atomic E-state index is 7.13. The molecule has 6 heteroatoms. The number of hydrogen-bond acceptors (Lipinski definition) is 3. The van der Waals surface area contributed by atoms with E-state index in [-0.39, 0.29) is 5.96 Å². The Kier molecular flexibility index (Phi) is 1.75. The average molecular weight is 176 g/mol. The number of rotatable bonds is 2. The molecular weight excluding hydrogens is 168 g/mol. The van der Waals surface area contributed by atoms with Crippen LogP contribution in [0.4, 0.5) is 0 Å². The molecule has 1 aromatic rings. The van der Waals surface area contributed by atoms with Crippen LogP contribution in [0.1, 0.15) is 11.9 Å². The average Bonchev–Trinajstić information content (AvgIpc) is 2.72. The molecule has 1 unspecified atom stereocenters. The summed E-state index contributed by atoms with van der Waals surface area (Å²) in [6.45, 7) is 0. The Hall–Kier alpha value is -1.82. The molecule has 6 nitrogen and oxygen atoms in total. The van der Waals surface area contributed by atoms with Crippen molar-refractivity contribution < 1.29 is 0 Å². The summed E-state index contributed by atoms with van der Waals surface area (Å²) in [6.07, 6.45) is 4.79. The predicted molar refractivity (Wildman–Crippen MR) is 49.2 cm³/mol. The van der Waals surface area contributed by atoms with Gasteiger partial charge in [-0.1, -0.05) is 0 Å². The van der Waals surface area contributed by atoms with Crippen LogP contribution in [0.5, 0.6) is 0 Å². The lowest BCUT2D eigenvalue weighted by molar-refractivity contribution is 0.880. The molecule has 1 atom stereocenters. The molecule has 0 radical (unpaired) electrons. The molecule has 0 bridgehead atoms. The number of aromatic nitrogens is 2. The number of aliphatic imine (C=N–C) groups is 2. The first kappa shape index (κ1) is 7.81. The molecule has 0 amide bonds. The Morgan fingerprint density at radius 3 is 2.92 bits per heavy atom. The van der Waals surface area contributed by atoms with Gasteiger partial charge in [-0.2, -0.15) is 0 Å². The van der Waals surface area contributed by atoms with Gasteiger partial charge in [-0.05, 0) is 0 Å². The molecule has 0 spiro atoms. The first-order valence-corrected chi connectivity index (χ1v) is 3.73. The fourth-order valence-electron chi connectivity index (χ4n) is 1.04. The van der Waals surface area contributed by atoms with Crippen LogP contribution in [0.3, 0.4) is 0 Å². The van der Waals surface area contributed by atoms with E-state index in [1.807, 2.05) is 0 Å². The Labute approximate surface area is 74.1 Å². The van der Waals surface area contributed by atoms with Gasteiger partial charge in [0.1, 0.15) is 11.9 Å². The van der Waals surface area contributed by atoms with Crippen molar-refractivity contribution in [1.29, 1.82) is 5.41 Å². The zero-order valence-electron chi connectivity index (χ0n) is 6.73. The maximum Gasteiger partial charge on any atom is 0.242 e. The molecule has 4 N–H and O–H groups in total. The Morgan fingerprint density at radius 1 is 1.54 bits per heavy atom. The van der Waals surface area contributed by atoms with Crippen molar-refractivity contribution in [3.8, 4) is 0 Å². The van der Waals surface area contributed by atoms with E-state index in [1.54, 1.807) is 12.4 Å². The van der Waals surface area contributed by atoms with E-state index >= 15 is 0 Å². The highest BCUT2D eigenvalue weighted by Gasteiger charge is 2.17. The van der Waals surface area contributed by atoms with Gasteiger partial charge in [0.05, 0.1) is 11.9 Å². The summed E-state index contributed by atoms with van der Waals surface area (Å²) in [6, 6.07) is -0.429. The summed E-state index contributed by atoms with van der Waals surface area (Å²) in [5.41, 5.74) is 6.35. The van der Waals surface area contributed by atoms with Gasteiger partial charge in [-0.15, -0.1) is 0 Å². The summed E-state index contributed by atoms with van der Waals surface area (Å²) in [7, 11) is 0. The minimum atomic E-state index is -0.429. The number of hydrogen-bond donors (Lipinski definition) is 3. The normalized spacial score (nSPS) is 17.6. The Morgan fingerprint density at radius 2 is 2.38 bits per heavy atom. The molecule has 0 fully saturated rings. The molecule has 2 rings (SSSR count). The van der Waals surface area contributed by atoms with Crippen LogP contribution in [-0.2, 0) is 0 Å². The standard InChI is InChI=1S/C7H8N6/c8-5(6-10-1-2-11-6)4-3-12-7(9)13-4/h1-3,5,9H,8H2,(H,10,11). The number of H-pyrrole nitrogens is 1. The Balaban J connectivity index is 2.24. The molecule has 2 heterocycles. The van der Waals surface area contributed by atoms with Gasteiger partial charge in [-0.25, -0.2) is 15.0 Å². The van der Waals surface area contributed by atoms with Crippen molar-refractivity contribution >= 4 is 17.9 Å². The number of guanidine groups is 1. The highest BCUT2D eigenvalue weighted by molar-refractivity contribution is 6.39. The largest absolute Gasteiger partial charge is 0.347 e. The zero-order valence-corrected chi connectivity index (χ0v) is 6.73. The van der Waals surface area contributed by atoms with Crippen molar-refractivity contribution in [3.63, 3.8) is 0 Å². The SMILES string of the molecule is N=C1N=CC(C(N)c2ncc[nH]2)=N1. The molecule has 1 aliphatic heterocycles. The van der Waals surface area contributed by atoms with Crippen LogP contribution in [0, 0.1) is 5.41 Å². The molecule has 1 aliphatic rings. The maximum absolute atomic E-state index is 7.13. The summed E-state index contributed by atoms with van der Waals surface area (Å²) in [5, 5.41) is 7.13. The minimum absolute atomic E-state index is 0.0167. The van der Waals surface area contributed by atoms with Gasteiger partial charge in [0.25, 0.3) is 0 Å². The van der Waals surface area contributed by atoms with Crippen LogP contribution >= 0.6 is 0 Å². The van der Waals surface area contributed by atoms with Crippen molar-refractivity contribution in [1.82, 2.24) is 9.97 Å². The first-order chi connectivity index (χ1) is 6.27. The van der Waals surface area contributed by atoms with Gasteiger partial charge in [0.15, 0.2) is 0 Å². The second kappa shape index (κ2) is 2.91. The van der Waals surface area contributed by atoms with Gasteiger partial charge in [0.2, 0.25) is 5.96 Å². The quantitative estimate of drug-likeness (QED) is 0.584. The molecule has 0 saturated heterocycles. The second-order valence-corrected chi connectivity index (χ2v) is 2.57. The molecule has 66 valence electrons. The van der Waals surface area contributed by atoms with Crippen LogP contribution in [0.15, 0.2) is 22.4 Å². The topological polar surface area (TPSA) is 103 Å². The fraction of sp³-hybridized carbons (Fsp3) is 0.143. The third-order valence-electron chi connectivity index (χ3n) is 1.69. The zero-order chi connectivity index (χ0) is 9.26. The molecule has 0 aromatic carbocycles. The summed E-state index contributed by atoms with van der Waals surface area (Å²) >= 11 is 0. The fourth-order valence-corrected chi connectivity index (χ4v) is 1.04. The van der Waals surface area contributed by atoms with Crippen molar-refractivity contribution in [2.75, 3.05) is 0 Å². The van der Waals surface area contributed by atoms with Crippen molar-refractivity contribution in [2.45, 2.75) is 6.04 Å². The Bertz CT molecular complexity index is 374. The van der Waals surface area contributed by atoms with Gasteiger partial charge in [0, 0.05) is 12.4 Å². The molecule has 0 saturated carbocycles. The smallest absolute Gasteiger partial charge is 0.242 e. The van der Waals surface area contributed by atoms with E-state index in [9.17, 15) is 0 Å². The first-order valence-electron chi connectivity index (χ1n) is 3.73. The monoisotopic (exact) mass is 176 g/mol. The lowest BCUT2D eigenvalue weighted by Crippen LogP contribution is -2.22. The number of nitrogens with zero attached hydrogens (tertiary/aromatic N) is 3. The number of aromatic amines is 1. The number of nitrogens with one attached hydrogen (secondary N) is 2. The van der Waals surface area contributed by atoms with Crippen LogP contribution in [-0.4, -0.2) is 27.9 Å². The minimum Gasteiger partial charge on any atom is -0.347 e. The predicted octanol–water partition coefficient (Wildman–Crippen LogP) is -0.130. The summed E-state index contributed by atoms with van der Waals surface area (Å²) < 4.78 is 0. The van der Waals surface area contributed by atoms with Crippen LogP contribution in [0.25, 0.3) is 0 Å². The van der Waals surface area contributed by atoms with E-state index in [0.717, 1.165) is 0 Å². The molecule has 1 aromatic heterocycles. The number of imidazole rings is 1. The highest BCUT2D eigenvalue weighted by Crippen LogP contribution is 2.08. The highest BCUT2D eigenvalue weighted by atomic mass is 15.1. The van der Waals surface area contributed by atoms with E-state index < -0.39 is 6.04 Å². The van der Waals surface area contributed by atoms with E-state index in [2.05, 4.69) is 20.0 Å². The second-order valence-electron chi connectivity index (χ2n) is 2.57. The molecular formula is C7H8N6. The van der Waals surface area contributed by atoms with Gasteiger partial charge < -0.3 is 10.7 Å². The summed E-state index contributed by atoms with van der Waals surface area (Å²) in [4.78, 5) is 14.4.